The molecule has 6 heteroatoms. The number of carbonyl (C=O) groups excluding carboxylic acids is 1. The Kier molecular flexibility index (Phi) is 4.11. The topological polar surface area (TPSA) is 80.9 Å². The van der Waals surface area contributed by atoms with Crippen molar-refractivity contribution in [2.75, 3.05) is 5.73 Å². The summed E-state index contributed by atoms with van der Waals surface area (Å²) in [5.74, 6) is 0.0908. The minimum absolute atomic E-state index is 0.118. The second-order valence-electron chi connectivity index (χ2n) is 4.54. The van der Waals surface area contributed by atoms with Crippen LogP contribution in [0.25, 0.3) is 0 Å². The van der Waals surface area contributed by atoms with E-state index in [1.54, 1.807) is 12.1 Å². The molecule has 100 valence electrons. The molecule has 0 saturated carbocycles. The van der Waals surface area contributed by atoms with Crippen molar-refractivity contribution in [2.45, 2.75) is 19.9 Å². The lowest BCUT2D eigenvalue weighted by Gasteiger charge is -2.19. The number of hydrogen-bond acceptors (Lipinski definition) is 5. The summed E-state index contributed by atoms with van der Waals surface area (Å²) in [5.41, 5.74) is 6.22. The molecule has 1 atom stereocenters. The predicted molar refractivity (Wildman–Crippen MR) is 75.8 cm³/mol. The van der Waals surface area contributed by atoms with Crippen LogP contribution >= 0.6 is 11.3 Å². The van der Waals surface area contributed by atoms with E-state index >= 15 is 0 Å². The first-order valence-corrected chi connectivity index (χ1v) is 6.84. The van der Waals surface area contributed by atoms with Gasteiger partial charge in [-0.3, -0.25) is 4.79 Å². The standard InChI is InChI=1S/C13H16N4OS/c1-8(2)10(12-16-17-13(14)19-12)15-11(18)9-6-4-3-5-7-9/h3-8,10H,1-2H3,(H2,14,17)(H,15,18). The fourth-order valence-corrected chi connectivity index (χ4v) is 2.54. The summed E-state index contributed by atoms with van der Waals surface area (Å²) in [6.07, 6.45) is 0. The summed E-state index contributed by atoms with van der Waals surface area (Å²) in [6, 6.07) is 8.93. The minimum Gasteiger partial charge on any atom is -0.374 e. The van der Waals surface area contributed by atoms with Crippen molar-refractivity contribution in [3.63, 3.8) is 0 Å². The van der Waals surface area contributed by atoms with Crippen molar-refractivity contribution in [2.24, 2.45) is 5.92 Å². The zero-order chi connectivity index (χ0) is 13.8. The highest BCUT2D eigenvalue weighted by atomic mass is 32.1. The van der Waals surface area contributed by atoms with Gasteiger partial charge in [-0.2, -0.15) is 0 Å². The largest absolute Gasteiger partial charge is 0.374 e. The van der Waals surface area contributed by atoms with Gasteiger partial charge in [-0.1, -0.05) is 43.4 Å². The Hall–Kier alpha value is -1.95. The smallest absolute Gasteiger partial charge is 0.251 e. The normalized spacial score (nSPS) is 12.4. The number of benzene rings is 1. The highest BCUT2D eigenvalue weighted by molar-refractivity contribution is 7.15. The molecular formula is C13H16N4OS. The number of amides is 1. The number of aromatic nitrogens is 2. The van der Waals surface area contributed by atoms with Crippen molar-refractivity contribution < 1.29 is 4.79 Å². The minimum atomic E-state index is -0.178. The Bertz CT molecular complexity index is 553. The van der Waals surface area contributed by atoms with Crippen molar-refractivity contribution in [3.8, 4) is 0 Å². The third kappa shape index (κ3) is 3.29. The molecule has 0 aliphatic rings. The van der Waals surface area contributed by atoms with E-state index in [1.165, 1.54) is 11.3 Å². The van der Waals surface area contributed by atoms with Gasteiger partial charge in [0.1, 0.15) is 5.01 Å². The van der Waals surface area contributed by atoms with E-state index in [1.807, 2.05) is 32.0 Å². The van der Waals surface area contributed by atoms with E-state index in [9.17, 15) is 4.79 Å². The molecule has 2 rings (SSSR count). The lowest BCUT2D eigenvalue weighted by molar-refractivity contribution is 0.0925. The molecule has 1 heterocycles. The van der Waals surface area contributed by atoms with E-state index < -0.39 is 0 Å². The first-order chi connectivity index (χ1) is 9.08. The predicted octanol–water partition coefficient (Wildman–Crippen LogP) is 2.25. The molecule has 0 saturated heterocycles. The van der Waals surface area contributed by atoms with Gasteiger partial charge >= 0.3 is 0 Å². The highest BCUT2D eigenvalue weighted by Crippen LogP contribution is 2.26. The third-order valence-electron chi connectivity index (χ3n) is 2.71. The second-order valence-corrected chi connectivity index (χ2v) is 5.58. The van der Waals surface area contributed by atoms with Gasteiger partial charge in [0.2, 0.25) is 5.13 Å². The molecule has 19 heavy (non-hydrogen) atoms. The molecular weight excluding hydrogens is 260 g/mol. The number of nitrogens with one attached hydrogen (secondary N) is 1. The first kappa shape index (κ1) is 13.5. The van der Waals surface area contributed by atoms with Crippen LogP contribution in [0.4, 0.5) is 5.13 Å². The Labute approximate surface area is 115 Å². The number of hydrogen-bond donors (Lipinski definition) is 2. The second kappa shape index (κ2) is 5.79. The maximum atomic E-state index is 12.2. The maximum absolute atomic E-state index is 12.2. The summed E-state index contributed by atoms with van der Waals surface area (Å²) in [5, 5.41) is 11.9. The fourth-order valence-electron chi connectivity index (χ4n) is 1.70. The number of carbonyl (C=O) groups is 1. The average Bonchev–Trinajstić information content (AvgIpc) is 2.82. The zero-order valence-corrected chi connectivity index (χ0v) is 11.6. The van der Waals surface area contributed by atoms with Gasteiger partial charge in [0, 0.05) is 5.56 Å². The van der Waals surface area contributed by atoms with Crippen LogP contribution in [0.5, 0.6) is 0 Å². The fraction of sp³-hybridized carbons (Fsp3) is 0.308. The van der Waals surface area contributed by atoms with E-state index in [0.717, 1.165) is 5.01 Å². The van der Waals surface area contributed by atoms with Crippen LogP contribution in [-0.2, 0) is 0 Å². The number of nitrogens with zero attached hydrogens (tertiary/aromatic N) is 2. The summed E-state index contributed by atoms with van der Waals surface area (Å²) in [4.78, 5) is 12.2. The Morgan fingerprint density at radius 3 is 2.47 bits per heavy atom. The molecule has 1 aromatic carbocycles. The molecule has 0 aliphatic heterocycles. The van der Waals surface area contributed by atoms with Gasteiger partial charge in [0.25, 0.3) is 5.91 Å². The van der Waals surface area contributed by atoms with Gasteiger partial charge < -0.3 is 11.1 Å². The number of nitrogens with two attached hydrogens (primary N) is 1. The van der Waals surface area contributed by atoms with E-state index in [0.29, 0.717) is 10.7 Å². The Morgan fingerprint density at radius 1 is 1.26 bits per heavy atom. The molecule has 3 N–H and O–H groups in total. The van der Waals surface area contributed by atoms with E-state index in [-0.39, 0.29) is 17.9 Å². The Balaban J connectivity index is 2.16. The van der Waals surface area contributed by atoms with Crippen LogP contribution in [0.15, 0.2) is 30.3 Å². The van der Waals surface area contributed by atoms with Crippen molar-refractivity contribution in [1.82, 2.24) is 15.5 Å². The lowest BCUT2D eigenvalue weighted by atomic mass is 10.0. The average molecular weight is 276 g/mol. The first-order valence-electron chi connectivity index (χ1n) is 6.02. The van der Waals surface area contributed by atoms with Crippen LogP contribution in [0, 0.1) is 5.92 Å². The van der Waals surface area contributed by atoms with Crippen LogP contribution in [0.2, 0.25) is 0 Å². The van der Waals surface area contributed by atoms with Gasteiger partial charge in [0.05, 0.1) is 6.04 Å². The molecule has 1 aromatic heterocycles. The molecule has 0 aliphatic carbocycles. The van der Waals surface area contributed by atoms with Gasteiger partial charge in [-0.25, -0.2) is 0 Å². The molecule has 0 radical (unpaired) electrons. The molecule has 1 unspecified atom stereocenters. The maximum Gasteiger partial charge on any atom is 0.251 e. The molecule has 1 amide bonds. The van der Waals surface area contributed by atoms with Crippen molar-refractivity contribution in [3.05, 3.63) is 40.9 Å². The number of rotatable bonds is 4. The van der Waals surface area contributed by atoms with Crippen molar-refractivity contribution >= 4 is 22.4 Å². The molecule has 0 bridgehead atoms. The summed E-state index contributed by atoms with van der Waals surface area (Å²) in [6.45, 7) is 4.04. The summed E-state index contributed by atoms with van der Waals surface area (Å²) < 4.78 is 0. The van der Waals surface area contributed by atoms with Crippen LogP contribution < -0.4 is 11.1 Å². The molecule has 5 nitrogen and oxygen atoms in total. The van der Waals surface area contributed by atoms with Gasteiger partial charge in [-0.15, -0.1) is 10.2 Å². The zero-order valence-electron chi connectivity index (χ0n) is 10.8. The third-order valence-corrected chi connectivity index (χ3v) is 3.55. The Morgan fingerprint density at radius 2 is 1.95 bits per heavy atom. The quantitative estimate of drug-likeness (QED) is 0.897. The van der Waals surface area contributed by atoms with Crippen LogP contribution in [0.1, 0.15) is 35.3 Å². The monoisotopic (exact) mass is 276 g/mol. The van der Waals surface area contributed by atoms with E-state index in [4.69, 9.17) is 5.73 Å². The SMILES string of the molecule is CC(C)C(NC(=O)c1ccccc1)c1nnc(N)s1. The summed E-state index contributed by atoms with van der Waals surface area (Å²) in [7, 11) is 0. The molecule has 0 fully saturated rings. The van der Waals surface area contributed by atoms with Crippen molar-refractivity contribution in [1.29, 1.82) is 0 Å². The molecule has 2 aromatic rings. The number of anilines is 1. The highest BCUT2D eigenvalue weighted by Gasteiger charge is 2.22. The lowest BCUT2D eigenvalue weighted by Crippen LogP contribution is -2.31. The van der Waals surface area contributed by atoms with Gasteiger partial charge in [0.15, 0.2) is 0 Å². The van der Waals surface area contributed by atoms with Crippen LogP contribution in [0.3, 0.4) is 0 Å². The molecule has 0 spiro atoms. The summed E-state index contributed by atoms with van der Waals surface area (Å²) >= 11 is 1.30. The van der Waals surface area contributed by atoms with E-state index in [2.05, 4.69) is 15.5 Å². The number of nitrogen functional groups attached to an aromatic ring is 1. The van der Waals surface area contributed by atoms with Gasteiger partial charge in [-0.05, 0) is 18.1 Å². The van der Waals surface area contributed by atoms with Crippen LogP contribution in [-0.4, -0.2) is 16.1 Å².